The normalized spacial score (nSPS) is 10.7. The van der Waals surface area contributed by atoms with Gasteiger partial charge in [0.15, 0.2) is 0 Å². The summed E-state index contributed by atoms with van der Waals surface area (Å²) in [7, 11) is 0. The molecule has 0 bridgehead atoms. The van der Waals surface area contributed by atoms with Gasteiger partial charge in [-0.25, -0.2) is 0 Å². The average Bonchev–Trinajstić information content (AvgIpc) is 2.85. The number of aromatic nitrogens is 3. The first-order valence-electron chi connectivity index (χ1n) is 9.85. The second kappa shape index (κ2) is 8.10. The minimum Gasteiger partial charge on any atom is -0.265 e. The lowest BCUT2D eigenvalue weighted by Gasteiger charge is -2.18. The van der Waals surface area contributed by atoms with Crippen LogP contribution in [0.15, 0.2) is 116 Å². The molecule has 0 radical (unpaired) electrons. The van der Waals surface area contributed by atoms with Crippen molar-refractivity contribution in [3.63, 3.8) is 0 Å². The standard InChI is InChI=1S/C27H19N3/c1-2-4-20(5-3-1)24-18-26(22-8-14-29-15-9-22)27(23-10-16-30-17-11-23)19-25(24)21-6-12-28-13-7-21/h1-19H. The maximum Gasteiger partial charge on any atom is 0.0273 e. The Morgan fingerprint density at radius 3 is 0.967 bits per heavy atom. The Balaban J connectivity index is 1.85. The summed E-state index contributed by atoms with van der Waals surface area (Å²) >= 11 is 0. The smallest absolute Gasteiger partial charge is 0.0273 e. The van der Waals surface area contributed by atoms with Gasteiger partial charge in [0, 0.05) is 37.2 Å². The van der Waals surface area contributed by atoms with Gasteiger partial charge in [0.05, 0.1) is 0 Å². The molecule has 0 unspecified atom stereocenters. The third-order valence-electron chi connectivity index (χ3n) is 5.22. The predicted molar refractivity (Wildman–Crippen MR) is 122 cm³/mol. The van der Waals surface area contributed by atoms with E-state index in [4.69, 9.17) is 0 Å². The number of hydrogen-bond donors (Lipinski definition) is 0. The molecule has 0 amide bonds. The SMILES string of the molecule is c1ccc(-c2cc(-c3ccncc3)c(-c3ccncc3)cc2-c2ccncc2)cc1. The van der Waals surface area contributed by atoms with E-state index in [0.717, 1.165) is 22.3 Å². The van der Waals surface area contributed by atoms with Gasteiger partial charge in [-0.15, -0.1) is 0 Å². The molecule has 0 aliphatic rings. The van der Waals surface area contributed by atoms with Crippen molar-refractivity contribution in [2.24, 2.45) is 0 Å². The van der Waals surface area contributed by atoms with Crippen molar-refractivity contribution in [1.29, 1.82) is 0 Å². The number of benzene rings is 2. The van der Waals surface area contributed by atoms with E-state index in [1.165, 1.54) is 22.3 Å². The molecule has 5 rings (SSSR count). The molecule has 3 aromatic heterocycles. The van der Waals surface area contributed by atoms with Crippen molar-refractivity contribution in [1.82, 2.24) is 15.0 Å². The third kappa shape index (κ3) is 3.49. The first-order chi connectivity index (χ1) is 14.9. The molecule has 0 fully saturated rings. The molecule has 3 nitrogen and oxygen atoms in total. The molecule has 2 aromatic carbocycles. The van der Waals surface area contributed by atoms with E-state index in [-0.39, 0.29) is 0 Å². The van der Waals surface area contributed by atoms with Gasteiger partial charge in [-0.2, -0.15) is 0 Å². The van der Waals surface area contributed by atoms with Crippen LogP contribution in [0.4, 0.5) is 0 Å². The largest absolute Gasteiger partial charge is 0.265 e. The second-order valence-corrected chi connectivity index (χ2v) is 7.02. The zero-order chi connectivity index (χ0) is 20.2. The average molecular weight is 385 g/mol. The quantitative estimate of drug-likeness (QED) is 0.352. The third-order valence-corrected chi connectivity index (χ3v) is 5.22. The van der Waals surface area contributed by atoms with E-state index in [2.05, 4.69) is 87.7 Å². The van der Waals surface area contributed by atoms with Crippen LogP contribution in [0, 0.1) is 0 Å². The van der Waals surface area contributed by atoms with Gasteiger partial charge in [0.1, 0.15) is 0 Å². The first kappa shape index (κ1) is 18.0. The van der Waals surface area contributed by atoms with Gasteiger partial charge in [-0.05, 0) is 93.0 Å². The minimum absolute atomic E-state index is 1.13. The molecular formula is C27H19N3. The van der Waals surface area contributed by atoms with E-state index in [1.807, 2.05) is 43.2 Å². The van der Waals surface area contributed by atoms with Crippen LogP contribution in [0.25, 0.3) is 44.5 Å². The van der Waals surface area contributed by atoms with Gasteiger partial charge in [-0.1, -0.05) is 30.3 Å². The second-order valence-electron chi connectivity index (χ2n) is 7.02. The highest BCUT2D eigenvalue weighted by Crippen LogP contribution is 2.41. The highest BCUT2D eigenvalue weighted by Gasteiger charge is 2.15. The highest BCUT2D eigenvalue weighted by atomic mass is 14.6. The molecule has 5 aromatic rings. The fraction of sp³-hybridized carbons (Fsp3) is 0. The first-order valence-corrected chi connectivity index (χ1v) is 9.85. The Kier molecular flexibility index (Phi) is 4.84. The Bertz CT molecular complexity index is 1050. The van der Waals surface area contributed by atoms with E-state index in [1.54, 1.807) is 0 Å². The number of pyridine rings is 3. The van der Waals surface area contributed by atoms with Crippen molar-refractivity contribution >= 4 is 0 Å². The van der Waals surface area contributed by atoms with Crippen LogP contribution in [-0.4, -0.2) is 15.0 Å². The lowest BCUT2D eigenvalue weighted by atomic mass is 9.86. The fourth-order valence-corrected chi connectivity index (χ4v) is 3.77. The summed E-state index contributed by atoms with van der Waals surface area (Å²) in [6.45, 7) is 0. The fourth-order valence-electron chi connectivity index (χ4n) is 3.77. The van der Waals surface area contributed by atoms with E-state index in [9.17, 15) is 0 Å². The summed E-state index contributed by atoms with van der Waals surface area (Å²) in [6.07, 6.45) is 11.0. The molecule has 0 aliphatic carbocycles. The van der Waals surface area contributed by atoms with Gasteiger partial charge in [0.25, 0.3) is 0 Å². The van der Waals surface area contributed by atoms with Gasteiger partial charge in [-0.3, -0.25) is 15.0 Å². The Morgan fingerprint density at radius 1 is 0.333 bits per heavy atom. The van der Waals surface area contributed by atoms with Crippen molar-refractivity contribution in [2.45, 2.75) is 0 Å². The van der Waals surface area contributed by atoms with E-state index in [0.29, 0.717) is 0 Å². The van der Waals surface area contributed by atoms with Crippen molar-refractivity contribution < 1.29 is 0 Å². The Hall–Kier alpha value is -4.11. The number of hydrogen-bond acceptors (Lipinski definition) is 3. The molecule has 0 spiro atoms. The molecule has 3 heteroatoms. The van der Waals surface area contributed by atoms with Gasteiger partial charge in [0.2, 0.25) is 0 Å². The van der Waals surface area contributed by atoms with Crippen LogP contribution in [0.5, 0.6) is 0 Å². The summed E-state index contributed by atoms with van der Waals surface area (Å²) in [4.78, 5) is 12.6. The van der Waals surface area contributed by atoms with Gasteiger partial charge >= 0.3 is 0 Å². The molecule has 0 atom stereocenters. The number of rotatable bonds is 4. The van der Waals surface area contributed by atoms with Crippen molar-refractivity contribution in [3.8, 4) is 44.5 Å². The summed E-state index contributed by atoms with van der Waals surface area (Å²) in [5, 5.41) is 0. The lowest BCUT2D eigenvalue weighted by Crippen LogP contribution is -1.93. The van der Waals surface area contributed by atoms with E-state index >= 15 is 0 Å². The topological polar surface area (TPSA) is 38.7 Å². The van der Waals surface area contributed by atoms with Crippen LogP contribution in [-0.2, 0) is 0 Å². The van der Waals surface area contributed by atoms with Crippen LogP contribution in [0.3, 0.4) is 0 Å². The molecule has 0 N–H and O–H groups in total. The molecular weight excluding hydrogens is 366 g/mol. The zero-order valence-corrected chi connectivity index (χ0v) is 16.3. The maximum absolute atomic E-state index is 4.20. The van der Waals surface area contributed by atoms with Crippen LogP contribution in [0.2, 0.25) is 0 Å². The van der Waals surface area contributed by atoms with Crippen LogP contribution >= 0.6 is 0 Å². The molecule has 3 heterocycles. The summed E-state index contributed by atoms with van der Waals surface area (Å²) in [5.41, 5.74) is 9.28. The van der Waals surface area contributed by atoms with Crippen molar-refractivity contribution in [2.75, 3.05) is 0 Å². The summed E-state index contributed by atoms with van der Waals surface area (Å²) in [6, 6.07) is 27.4. The van der Waals surface area contributed by atoms with E-state index < -0.39 is 0 Å². The molecule has 0 saturated heterocycles. The van der Waals surface area contributed by atoms with Gasteiger partial charge < -0.3 is 0 Å². The van der Waals surface area contributed by atoms with Crippen LogP contribution in [0.1, 0.15) is 0 Å². The Morgan fingerprint density at radius 2 is 0.633 bits per heavy atom. The molecule has 0 saturated carbocycles. The minimum atomic E-state index is 1.13. The summed E-state index contributed by atoms with van der Waals surface area (Å²) < 4.78 is 0. The Labute approximate surface area is 175 Å². The van der Waals surface area contributed by atoms with Crippen molar-refractivity contribution in [3.05, 3.63) is 116 Å². The molecule has 30 heavy (non-hydrogen) atoms. The maximum atomic E-state index is 4.20. The lowest BCUT2D eigenvalue weighted by molar-refractivity contribution is 1.32. The predicted octanol–water partition coefficient (Wildman–Crippen LogP) is 6.54. The highest BCUT2D eigenvalue weighted by molar-refractivity contribution is 5.94. The molecule has 142 valence electrons. The number of nitrogens with zero attached hydrogens (tertiary/aromatic N) is 3. The van der Waals surface area contributed by atoms with Crippen LogP contribution < -0.4 is 0 Å². The monoisotopic (exact) mass is 385 g/mol. The molecule has 0 aliphatic heterocycles. The summed E-state index contributed by atoms with van der Waals surface area (Å²) in [5.74, 6) is 0. The zero-order valence-electron chi connectivity index (χ0n) is 16.3.